The second kappa shape index (κ2) is 6.36. The van der Waals surface area contributed by atoms with Crippen LogP contribution in [0.5, 0.6) is 11.5 Å². The number of aromatic amines is 1. The number of hydrogen-bond acceptors (Lipinski definition) is 8. The van der Waals surface area contributed by atoms with Gasteiger partial charge >= 0.3 is 0 Å². The molecule has 2 N–H and O–H groups in total. The lowest BCUT2D eigenvalue weighted by molar-refractivity contribution is 0.174. The number of aromatic nitrogens is 3. The van der Waals surface area contributed by atoms with Crippen molar-refractivity contribution in [2.24, 2.45) is 5.10 Å². The molecule has 8 nitrogen and oxygen atoms in total. The van der Waals surface area contributed by atoms with Crippen molar-refractivity contribution in [3.63, 3.8) is 0 Å². The number of ether oxygens (including phenoxy) is 2. The first-order valence-electron chi connectivity index (χ1n) is 6.39. The number of benzene rings is 1. The van der Waals surface area contributed by atoms with E-state index in [-0.39, 0.29) is 6.79 Å². The van der Waals surface area contributed by atoms with Gasteiger partial charge in [0.2, 0.25) is 17.9 Å². The van der Waals surface area contributed by atoms with Crippen LogP contribution in [0.2, 0.25) is 0 Å². The van der Waals surface area contributed by atoms with Crippen LogP contribution in [0.3, 0.4) is 0 Å². The number of H-pyrrole nitrogens is 1. The second-order valence-electron chi connectivity index (χ2n) is 4.29. The van der Waals surface area contributed by atoms with E-state index in [0.29, 0.717) is 22.6 Å². The Balaban J connectivity index is 1.67. The third-order valence-electron chi connectivity index (χ3n) is 2.85. The number of nitrogens with one attached hydrogen (secondary N) is 2. The topological polar surface area (TPSA) is 108 Å². The van der Waals surface area contributed by atoms with Crippen molar-refractivity contribution in [3.05, 3.63) is 23.8 Å². The van der Waals surface area contributed by atoms with E-state index in [1.54, 1.807) is 0 Å². The molecular formula is C13H12N6O2S. The minimum atomic E-state index is 0.244. The number of rotatable bonds is 5. The Morgan fingerprint density at radius 3 is 3.23 bits per heavy atom. The molecule has 9 heteroatoms. The van der Waals surface area contributed by atoms with Gasteiger partial charge in [-0.1, -0.05) is 11.8 Å². The van der Waals surface area contributed by atoms with Gasteiger partial charge in [-0.2, -0.15) is 15.3 Å². The average Bonchev–Trinajstić information content (AvgIpc) is 3.18. The normalized spacial score (nSPS) is 13.0. The van der Waals surface area contributed by atoms with Crippen LogP contribution in [-0.4, -0.2) is 33.4 Å². The molecule has 0 spiro atoms. The summed E-state index contributed by atoms with van der Waals surface area (Å²) in [6, 6.07) is 7.64. The van der Waals surface area contributed by atoms with Crippen LogP contribution in [0.15, 0.2) is 28.5 Å². The SMILES string of the molecule is C/C(=N\Nc1nc(SCC#N)n[nH]1)c1ccc2c(c1)OCO2. The van der Waals surface area contributed by atoms with Crippen LogP contribution in [0.1, 0.15) is 12.5 Å². The van der Waals surface area contributed by atoms with Crippen molar-refractivity contribution in [3.8, 4) is 17.6 Å². The molecule has 1 aromatic heterocycles. The maximum absolute atomic E-state index is 8.51. The first-order chi connectivity index (χ1) is 10.8. The van der Waals surface area contributed by atoms with Crippen molar-refractivity contribution >= 4 is 23.4 Å². The maximum Gasteiger partial charge on any atom is 0.240 e. The van der Waals surface area contributed by atoms with E-state index in [4.69, 9.17) is 14.7 Å². The first kappa shape index (κ1) is 14.2. The molecule has 0 fully saturated rings. The predicted molar refractivity (Wildman–Crippen MR) is 81.1 cm³/mol. The lowest BCUT2D eigenvalue weighted by Gasteiger charge is -2.02. The van der Waals surface area contributed by atoms with E-state index in [1.807, 2.05) is 31.2 Å². The van der Waals surface area contributed by atoms with Gasteiger partial charge in [0, 0.05) is 5.56 Å². The monoisotopic (exact) mass is 316 g/mol. The number of hydrogen-bond donors (Lipinski definition) is 2. The van der Waals surface area contributed by atoms with Gasteiger partial charge in [0.25, 0.3) is 0 Å². The molecule has 1 aliphatic heterocycles. The standard InChI is InChI=1S/C13H12N6O2S/c1-8(9-2-3-10-11(6-9)21-7-20-10)16-17-12-15-13(19-18-12)22-5-4-14/h2-3,6H,5,7H2,1H3,(H2,15,17,18,19)/b16-8+. The lowest BCUT2D eigenvalue weighted by Crippen LogP contribution is -2.00. The molecule has 0 amide bonds. The number of nitrogens with zero attached hydrogens (tertiary/aromatic N) is 4. The van der Waals surface area contributed by atoms with E-state index in [2.05, 4.69) is 25.7 Å². The maximum atomic E-state index is 8.51. The van der Waals surface area contributed by atoms with Crippen molar-refractivity contribution in [2.75, 3.05) is 18.0 Å². The fourth-order valence-electron chi connectivity index (χ4n) is 1.78. The molecule has 1 aliphatic rings. The summed E-state index contributed by atoms with van der Waals surface area (Å²) in [5.74, 6) is 2.16. The largest absolute Gasteiger partial charge is 0.454 e. The summed E-state index contributed by atoms with van der Waals surface area (Å²) in [6.45, 7) is 2.11. The zero-order valence-electron chi connectivity index (χ0n) is 11.7. The average molecular weight is 316 g/mol. The fourth-order valence-corrected chi connectivity index (χ4v) is 2.24. The fraction of sp³-hybridized carbons (Fsp3) is 0.231. The highest BCUT2D eigenvalue weighted by atomic mass is 32.2. The van der Waals surface area contributed by atoms with Crippen LogP contribution in [0.4, 0.5) is 5.95 Å². The van der Waals surface area contributed by atoms with Gasteiger partial charge in [-0.15, -0.1) is 5.10 Å². The van der Waals surface area contributed by atoms with Crippen LogP contribution in [-0.2, 0) is 0 Å². The molecule has 0 radical (unpaired) electrons. The van der Waals surface area contributed by atoms with Crippen molar-refractivity contribution in [1.29, 1.82) is 5.26 Å². The molecule has 112 valence electrons. The van der Waals surface area contributed by atoms with Gasteiger partial charge in [0.15, 0.2) is 11.5 Å². The van der Waals surface area contributed by atoms with Gasteiger partial charge in [0.1, 0.15) is 0 Å². The molecular weight excluding hydrogens is 304 g/mol. The highest BCUT2D eigenvalue weighted by molar-refractivity contribution is 7.99. The highest BCUT2D eigenvalue weighted by Crippen LogP contribution is 2.32. The number of fused-ring (bicyclic) bond motifs is 1. The van der Waals surface area contributed by atoms with Crippen LogP contribution in [0.25, 0.3) is 0 Å². The third-order valence-corrected chi connectivity index (χ3v) is 3.56. The van der Waals surface area contributed by atoms with Gasteiger partial charge < -0.3 is 9.47 Å². The van der Waals surface area contributed by atoms with E-state index in [9.17, 15) is 0 Å². The van der Waals surface area contributed by atoms with Gasteiger partial charge in [-0.3, -0.25) is 0 Å². The highest BCUT2D eigenvalue weighted by Gasteiger charge is 2.14. The van der Waals surface area contributed by atoms with Gasteiger partial charge in [-0.05, 0) is 25.1 Å². The van der Waals surface area contributed by atoms with Crippen LogP contribution < -0.4 is 14.9 Å². The molecule has 0 atom stereocenters. The number of thioether (sulfide) groups is 1. The summed E-state index contributed by atoms with van der Waals surface area (Å²) >= 11 is 1.25. The zero-order valence-corrected chi connectivity index (χ0v) is 12.5. The summed E-state index contributed by atoms with van der Waals surface area (Å²) in [6.07, 6.45) is 0. The second-order valence-corrected chi connectivity index (χ2v) is 5.23. The van der Waals surface area contributed by atoms with E-state index in [1.165, 1.54) is 11.8 Å². The number of nitriles is 1. The Bertz CT molecular complexity index is 751. The smallest absolute Gasteiger partial charge is 0.240 e. The molecule has 0 unspecified atom stereocenters. The molecule has 0 saturated heterocycles. The Hall–Kier alpha value is -2.73. The number of anilines is 1. The Morgan fingerprint density at radius 2 is 2.36 bits per heavy atom. The van der Waals surface area contributed by atoms with Gasteiger partial charge in [0.05, 0.1) is 17.5 Å². The van der Waals surface area contributed by atoms with Crippen molar-refractivity contribution < 1.29 is 9.47 Å². The molecule has 3 rings (SSSR count). The predicted octanol–water partition coefficient (Wildman–Crippen LogP) is 1.99. The summed E-state index contributed by atoms with van der Waals surface area (Å²) in [4.78, 5) is 4.15. The third kappa shape index (κ3) is 3.12. The van der Waals surface area contributed by atoms with Crippen LogP contribution in [0, 0.1) is 11.3 Å². The molecule has 1 aromatic carbocycles. The quantitative estimate of drug-likeness (QED) is 0.493. The van der Waals surface area contributed by atoms with Gasteiger partial charge in [-0.25, -0.2) is 10.5 Å². The van der Waals surface area contributed by atoms with Crippen molar-refractivity contribution in [2.45, 2.75) is 12.1 Å². The molecule has 2 heterocycles. The van der Waals surface area contributed by atoms with Crippen molar-refractivity contribution in [1.82, 2.24) is 15.2 Å². The Morgan fingerprint density at radius 1 is 1.50 bits per heavy atom. The molecule has 2 aromatic rings. The Kier molecular flexibility index (Phi) is 4.11. The minimum absolute atomic E-state index is 0.244. The molecule has 0 bridgehead atoms. The first-order valence-corrected chi connectivity index (χ1v) is 7.37. The van der Waals surface area contributed by atoms with E-state index < -0.39 is 0 Å². The summed E-state index contributed by atoms with van der Waals surface area (Å²) in [5, 5.41) is 19.9. The summed E-state index contributed by atoms with van der Waals surface area (Å²) < 4.78 is 10.6. The summed E-state index contributed by atoms with van der Waals surface area (Å²) in [7, 11) is 0. The molecule has 22 heavy (non-hydrogen) atoms. The zero-order chi connectivity index (χ0) is 15.4. The molecule has 0 aliphatic carbocycles. The van der Waals surface area contributed by atoms with Crippen LogP contribution >= 0.6 is 11.8 Å². The van der Waals surface area contributed by atoms with E-state index in [0.717, 1.165) is 17.0 Å². The molecule has 0 saturated carbocycles. The number of hydrazone groups is 1. The summed E-state index contributed by atoms with van der Waals surface area (Å²) in [5.41, 5.74) is 4.48. The minimum Gasteiger partial charge on any atom is -0.454 e. The lowest BCUT2D eigenvalue weighted by atomic mass is 10.1. The Labute approximate surface area is 130 Å². The van der Waals surface area contributed by atoms with E-state index >= 15 is 0 Å².